The lowest BCUT2D eigenvalue weighted by atomic mass is 10.1. The molecule has 0 radical (unpaired) electrons. The SMILES string of the molecule is NC(=O)CN(CC(=O)O)C(=O)c1ccc(F)cc1F. The number of halogens is 2. The van der Waals surface area contributed by atoms with Gasteiger partial charge < -0.3 is 15.7 Å². The smallest absolute Gasteiger partial charge is 0.323 e. The van der Waals surface area contributed by atoms with Gasteiger partial charge >= 0.3 is 5.97 Å². The number of amides is 2. The van der Waals surface area contributed by atoms with Crippen LogP contribution in [0.1, 0.15) is 10.4 Å². The lowest BCUT2D eigenvalue weighted by Gasteiger charge is -2.19. The summed E-state index contributed by atoms with van der Waals surface area (Å²) in [6, 6.07) is 2.19. The first-order valence-electron chi connectivity index (χ1n) is 5.05. The van der Waals surface area contributed by atoms with E-state index in [0.29, 0.717) is 11.0 Å². The molecule has 0 heterocycles. The zero-order valence-corrected chi connectivity index (χ0v) is 9.60. The Hall–Kier alpha value is -2.51. The van der Waals surface area contributed by atoms with E-state index in [4.69, 9.17) is 10.8 Å². The Morgan fingerprint density at radius 1 is 1.21 bits per heavy atom. The molecule has 102 valence electrons. The summed E-state index contributed by atoms with van der Waals surface area (Å²) >= 11 is 0. The number of hydrogen-bond acceptors (Lipinski definition) is 3. The second-order valence-corrected chi connectivity index (χ2v) is 3.65. The van der Waals surface area contributed by atoms with Crippen molar-refractivity contribution in [2.75, 3.05) is 13.1 Å². The largest absolute Gasteiger partial charge is 0.480 e. The van der Waals surface area contributed by atoms with E-state index >= 15 is 0 Å². The third kappa shape index (κ3) is 4.02. The average molecular weight is 272 g/mol. The number of benzene rings is 1. The molecule has 0 aromatic heterocycles. The van der Waals surface area contributed by atoms with E-state index in [1.54, 1.807) is 0 Å². The zero-order valence-electron chi connectivity index (χ0n) is 9.60. The van der Waals surface area contributed by atoms with Gasteiger partial charge in [0.1, 0.15) is 24.7 Å². The molecular formula is C11H10F2N2O4. The molecule has 0 saturated heterocycles. The van der Waals surface area contributed by atoms with Crippen LogP contribution in [0.4, 0.5) is 8.78 Å². The number of carbonyl (C=O) groups excluding carboxylic acids is 2. The summed E-state index contributed by atoms with van der Waals surface area (Å²) in [6.07, 6.45) is 0. The average Bonchev–Trinajstić information content (AvgIpc) is 2.26. The van der Waals surface area contributed by atoms with Crippen molar-refractivity contribution in [3.05, 3.63) is 35.4 Å². The molecule has 0 aliphatic heterocycles. The summed E-state index contributed by atoms with van der Waals surface area (Å²) in [5.74, 6) is -5.42. The van der Waals surface area contributed by atoms with Crippen LogP contribution in [0.5, 0.6) is 0 Å². The van der Waals surface area contributed by atoms with Gasteiger partial charge in [0.05, 0.1) is 5.56 Å². The van der Waals surface area contributed by atoms with Crippen LogP contribution >= 0.6 is 0 Å². The first-order valence-corrected chi connectivity index (χ1v) is 5.05. The molecule has 19 heavy (non-hydrogen) atoms. The highest BCUT2D eigenvalue weighted by Crippen LogP contribution is 2.12. The number of hydrogen-bond donors (Lipinski definition) is 2. The monoisotopic (exact) mass is 272 g/mol. The molecule has 0 unspecified atom stereocenters. The van der Waals surface area contributed by atoms with Crippen LogP contribution in [0.3, 0.4) is 0 Å². The van der Waals surface area contributed by atoms with E-state index in [2.05, 4.69) is 0 Å². The van der Waals surface area contributed by atoms with E-state index in [0.717, 1.165) is 12.1 Å². The maximum absolute atomic E-state index is 13.4. The standard InChI is InChI=1S/C11H10F2N2O4/c12-6-1-2-7(8(13)3-6)11(19)15(4-9(14)16)5-10(17)18/h1-3H,4-5H2,(H2,14,16)(H,17,18). The molecule has 8 heteroatoms. The summed E-state index contributed by atoms with van der Waals surface area (Å²) in [6.45, 7) is -1.50. The Kier molecular flexibility index (Phi) is 4.51. The van der Waals surface area contributed by atoms with E-state index < -0.39 is 48.1 Å². The van der Waals surface area contributed by atoms with E-state index in [1.165, 1.54) is 0 Å². The number of nitrogens with two attached hydrogens (primary N) is 1. The third-order valence-electron chi connectivity index (χ3n) is 2.12. The number of rotatable bonds is 5. The van der Waals surface area contributed by atoms with Gasteiger partial charge in [-0.3, -0.25) is 14.4 Å². The minimum Gasteiger partial charge on any atom is -0.480 e. The normalized spacial score (nSPS) is 10.0. The van der Waals surface area contributed by atoms with Crippen LogP contribution in [-0.4, -0.2) is 40.9 Å². The Bertz CT molecular complexity index is 517. The van der Waals surface area contributed by atoms with Gasteiger partial charge in [-0.1, -0.05) is 0 Å². The van der Waals surface area contributed by atoms with Crippen molar-refractivity contribution in [2.45, 2.75) is 0 Å². The van der Waals surface area contributed by atoms with Crippen molar-refractivity contribution in [1.29, 1.82) is 0 Å². The molecule has 1 rings (SSSR count). The van der Waals surface area contributed by atoms with Crippen molar-refractivity contribution < 1.29 is 28.3 Å². The molecule has 0 saturated carbocycles. The molecule has 0 aliphatic carbocycles. The van der Waals surface area contributed by atoms with E-state index in [9.17, 15) is 23.2 Å². The van der Waals surface area contributed by atoms with Crippen LogP contribution in [0.25, 0.3) is 0 Å². The fraction of sp³-hybridized carbons (Fsp3) is 0.182. The molecule has 2 amide bonds. The van der Waals surface area contributed by atoms with Gasteiger partial charge in [-0.2, -0.15) is 0 Å². The topological polar surface area (TPSA) is 101 Å². The molecule has 0 spiro atoms. The Morgan fingerprint density at radius 3 is 2.32 bits per heavy atom. The van der Waals surface area contributed by atoms with Gasteiger partial charge in [0.15, 0.2) is 0 Å². The predicted molar refractivity (Wildman–Crippen MR) is 59.1 cm³/mol. The maximum Gasteiger partial charge on any atom is 0.323 e. The van der Waals surface area contributed by atoms with Gasteiger partial charge in [0.25, 0.3) is 5.91 Å². The second kappa shape index (κ2) is 5.89. The van der Waals surface area contributed by atoms with Crippen molar-refractivity contribution in [3.63, 3.8) is 0 Å². The van der Waals surface area contributed by atoms with Gasteiger partial charge in [-0.25, -0.2) is 8.78 Å². The minimum atomic E-state index is -1.39. The summed E-state index contributed by atoms with van der Waals surface area (Å²) in [4.78, 5) is 33.7. The minimum absolute atomic E-state index is 0.483. The number of carboxylic acid groups (broad SMARTS) is 1. The summed E-state index contributed by atoms with van der Waals surface area (Å²) in [5, 5.41) is 8.61. The molecule has 3 N–H and O–H groups in total. The van der Waals surface area contributed by atoms with E-state index in [1.807, 2.05) is 0 Å². The molecular weight excluding hydrogens is 262 g/mol. The fourth-order valence-electron chi connectivity index (χ4n) is 1.38. The van der Waals surface area contributed by atoms with Crippen molar-refractivity contribution in [1.82, 2.24) is 4.90 Å². The van der Waals surface area contributed by atoms with Crippen molar-refractivity contribution >= 4 is 17.8 Å². The number of nitrogens with zero attached hydrogens (tertiary/aromatic N) is 1. The van der Waals surface area contributed by atoms with Crippen LogP contribution in [-0.2, 0) is 9.59 Å². The van der Waals surface area contributed by atoms with Gasteiger partial charge in [-0.05, 0) is 12.1 Å². The predicted octanol–water partition coefficient (Wildman–Crippen LogP) is -0.0231. The van der Waals surface area contributed by atoms with Gasteiger partial charge in [0.2, 0.25) is 5.91 Å². The quantitative estimate of drug-likeness (QED) is 0.786. The Labute approximate surface area is 106 Å². The number of primary amides is 1. The molecule has 1 aromatic carbocycles. The highest BCUT2D eigenvalue weighted by molar-refractivity contribution is 5.98. The highest BCUT2D eigenvalue weighted by atomic mass is 19.1. The zero-order chi connectivity index (χ0) is 14.6. The molecule has 0 aliphatic rings. The number of aliphatic carboxylic acids is 1. The Balaban J connectivity index is 3.04. The fourth-order valence-corrected chi connectivity index (χ4v) is 1.38. The summed E-state index contributed by atoms with van der Waals surface area (Å²) in [5.41, 5.74) is 4.33. The summed E-state index contributed by atoms with van der Waals surface area (Å²) in [7, 11) is 0. The second-order valence-electron chi connectivity index (χ2n) is 3.65. The third-order valence-corrected chi connectivity index (χ3v) is 2.12. The van der Waals surface area contributed by atoms with Crippen LogP contribution < -0.4 is 5.73 Å². The number of carboxylic acids is 1. The van der Waals surface area contributed by atoms with Crippen LogP contribution in [0, 0.1) is 11.6 Å². The van der Waals surface area contributed by atoms with E-state index in [-0.39, 0.29) is 0 Å². The molecule has 0 fully saturated rings. The van der Waals surface area contributed by atoms with Crippen LogP contribution in [0.2, 0.25) is 0 Å². The highest BCUT2D eigenvalue weighted by Gasteiger charge is 2.23. The molecule has 6 nitrogen and oxygen atoms in total. The maximum atomic E-state index is 13.4. The lowest BCUT2D eigenvalue weighted by Crippen LogP contribution is -2.41. The van der Waals surface area contributed by atoms with Crippen molar-refractivity contribution in [3.8, 4) is 0 Å². The first-order chi connectivity index (χ1) is 8.81. The molecule has 0 atom stereocenters. The first kappa shape index (κ1) is 14.6. The van der Waals surface area contributed by atoms with Gasteiger partial charge in [-0.15, -0.1) is 0 Å². The molecule has 0 bridgehead atoms. The lowest BCUT2D eigenvalue weighted by molar-refractivity contribution is -0.138. The van der Waals surface area contributed by atoms with Crippen molar-refractivity contribution in [2.24, 2.45) is 5.73 Å². The van der Waals surface area contributed by atoms with Crippen LogP contribution in [0.15, 0.2) is 18.2 Å². The number of carbonyl (C=O) groups is 3. The van der Waals surface area contributed by atoms with Gasteiger partial charge in [0, 0.05) is 6.07 Å². The molecule has 1 aromatic rings. The Morgan fingerprint density at radius 2 is 1.84 bits per heavy atom. The summed E-state index contributed by atoms with van der Waals surface area (Å²) < 4.78 is 26.1.